The maximum atomic E-state index is 13.7. The highest BCUT2D eigenvalue weighted by atomic mass is 32.1. The summed E-state index contributed by atoms with van der Waals surface area (Å²) in [6.45, 7) is 2.54. The van der Waals surface area contributed by atoms with Crippen LogP contribution in [0.25, 0.3) is 11.0 Å². The number of halogens is 1. The Balaban J connectivity index is 2.16. The highest BCUT2D eigenvalue weighted by Gasteiger charge is 2.10. The van der Waals surface area contributed by atoms with Gasteiger partial charge < -0.3 is 9.55 Å². The first-order valence-electron chi connectivity index (χ1n) is 5.92. The van der Waals surface area contributed by atoms with Crippen molar-refractivity contribution in [2.24, 2.45) is 7.05 Å². The lowest BCUT2D eigenvalue weighted by atomic mass is 10.2. The van der Waals surface area contributed by atoms with Crippen LogP contribution in [0.4, 0.5) is 4.39 Å². The molecule has 4 nitrogen and oxygen atoms in total. The standard InChI is InChI=1S/C13H13FN4S/c1-8-9(6-17(2)16-8)7-18-11-5-3-4-10(14)12(11)15-13(18)19/h3-6H,7H2,1-2H3,(H,15,19). The van der Waals surface area contributed by atoms with E-state index in [9.17, 15) is 4.39 Å². The van der Waals surface area contributed by atoms with E-state index in [1.807, 2.05) is 30.8 Å². The molecule has 1 N–H and O–H groups in total. The van der Waals surface area contributed by atoms with E-state index in [1.165, 1.54) is 6.07 Å². The van der Waals surface area contributed by atoms with Gasteiger partial charge in [-0.15, -0.1) is 0 Å². The van der Waals surface area contributed by atoms with Crippen LogP contribution in [0.15, 0.2) is 24.4 Å². The number of imidazole rings is 1. The molecule has 98 valence electrons. The number of H-pyrrole nitrogens is 1. The van der Waals surface area contributed by atoms with Crippen LogP contribution in [0.2, 0.25) is 0 Å². The van der Waals surface area contributed by atoms with Gasteiger partial charge in [-0.2, -0.15) is 5.10 Å². The van der Waals surface area contributed by atoms with Crippen LogP contribution in [0.3, 0.4) is 0 Å². The van der Waals surface area contributed by atoms with Gasteiger partial charge in [-0.3, -0.25) is 4.68 Å². The molecule has 0 bridgehead atoms. The van der Waals surface area contributed by atoms with Crippen molar-refractivity contribution < 1.29 is 4.39 Å². The average molecular weight is 276 g/mol. The molecule has 0 aliphatic rings. The van der Waals surface area contributed by atoms with Gasteiger partial charge in [-0.25, -0.2) is 4.39 Å². The lowest BCUT2D eigenvalue weighted by Gasteiger charge is -2.03. The number of rotatable bonds is 2. The molecule has 0 radical (unpaired) electrons. The number of aryl methyl sites for hydroxylation is 2. The summed E-state index contributed by atoms with van der Waals surface area (Å²) in [4.78, 5) is 2.92. The summed E-state index contributed by atoms with van der Waals surface area (Å²) in [5, 5.41) is 4.30. The molecule has 2 aromatic heterocycles. The Bertz CT molecular complexity index is 812. The number of aromatic amines is 1. The van der Waals surface area contributed by atoms with Gasteiger partial charge in [0.05, 0.1) is 17.8 Å². The topological polar surface area (TPSA) is 38.5 Å². The van der Waals surface area contributed by atoms with Crippen LogP contribution in [-0.2, 0) is 13.6 Å². The van der Waals surface area contributed by atoms with Crippen LogP contribution < -0.4 is 0 Å². The Morgan fingerprint density at radius 3 is 2.89 bits per heavy atom. The van der Waals surface area contributed by atoms with Gasteiger partial charge >= 0.3 is 0 Å². The zero-order valence-corrected chi connectivity index (χ0v) is 11.5. The first kappa shape index (κ1) is 12.1. The van der Waals surface area contributed by atoms with E-state index >= 15 is 0 Å². The number of aromatic nitrogens is 4. The summed E-state index contributed by atoms with van der Waals surface area (Å²) < 4.78 is 17.9. The fourth-order valence-electron chi connectivity index (χ4n) is 2.28. The summed E-state index contributed by atoms with van der Waals surface area (Å²) in [6, 6.07) is 4.97. The summed E-state index contributed by atoms with van der Waals surface area (Å²) in [6.07, 6.45) is 1.95. The third-order valence-corrected chi connectivity index (χ3v) is 3.53. The monoisotopic (exact) mass is 276 g/mol. The van der Waals surface area contributed by atoms with Crippen LogP contribution in [0.5, 0.6) is 0 Å². The number of hydrogen-bond acceptors (Lipinski definition) is 2. The molecule has 0 aliphatic carbocycles. The van der Waals surface area contributed by atoms with Gasteiger partial charge in [-0.1, -0.05) is 6.07 Å². The highest BCUT2D eigenvalue weighted by Crippen LogP contribution is 2.19. The quantitative estimate of drug-likeness (QED) is 0.731. The Kier molecular flexibility index (Phi) is 2.74. The Morgan fingerprint density at radius 1 is 1.42 bits per heavy atom. The van der Waals surface area contributed by atoms with Crippen molar-refractivity contribution in [1.82, 2.24) is 19.3 Å². The van der Waals surface area contributed by atoms with E-state index in [0.717, 1.165) is 16.8 Å². The maximum Gasteiger partial charge on any atom is 0.178 e. The second-order valence-electron chi connectivity index (χ2n) is 4.56. The molecule has 0 unspecified atom stereocenters. The van der Waals surface area contributed by atoms with E-state index in [0.29, 0.717) is 16.8 Å². The predicted octanol–water partition coefficient (Wildman–Crippen LogP) is 2.93. The zero-order chi connectivity index (χ0) is 13.6. The number of nitrogens with one attached hydrogen (secondary N) is 1. The third kappa shape index (κ3) is 1.98. The minimum absolute atomic E-state index is 0.287. The molecule has 3 rings (SSSR count). The lowest BCUT2D eigenvalue weighted by molar-refractivity contribution is 0.637. The first-order chi connectivity index (χ1) is 9.06. The molecule has 1 aromatic carbocycles. The molecule has 0 saturated carbocycles. The SMILES string of the molecule is Cc1nn(C)cc1Cn1c(=S)[nH]c2c(F)cccc21. The number of hydrogen-bond donors (Lipinski definition) is 1. The molecule has 19 heavy (non-hydrogen) atoms. The number of fused-ring (bicyclic) bond motifs is 1. The normalized spacial score (nSPS) is 11.3. The van der Waals surface area contributed by atoms with E-state index in [-0.39, 0.29) is 5.82 Å². The van der Waals surface area contributed by atoms with Crippen molar-refractivity contribution in [3.05, 3.63) is 46.2 Å². The lowest BCUT2D eigenvalue weighted by Crippen LogP contribution is -2.00. The number of benzene rings is 1. The van der Waals surface area contributed by atoms with Crippen molar-refractivity contribution in [1.29, 1.82) is 0 Å². The molecule has 0 atom stereocenters. The largest absolute Gasteiger partial charge is 0.328 e. The van der Waals surface area contributed by atoms with Crippen LogP contribution in [0, 0.1) is 17.5 Å². The number of para-hydroxylation sites is 1. The van der Waals surface area contributed by atoms with Gasteiger partial charge in [0, 0.05) is 18.8 Å². The molecule has 3 aromatic rings. The third-order valence-electron chi connectivity index (χ3n) is 3.20. The van der Waals surface area contributed by atoms with Crippen LogP contribution in [-0.4, -0.2) is 19.3 Å². The van der Waals surface area contributed by atoms with Crippen LogP contribution in [0.1, 0.15) is 11.3 Å². The average Bonchev–Trinajstić information content (AvgIpc) is 2.83. The molecule has 0 spiro atoms. The second kappa shape index (κ2) is 4.31. The van der Waals surface area contributed by atoms with Crippen molar-refractivity contribution in [3.63, 3.8) is 0 Å². The molecule has 2 heterocycles. The number of nitrogens with zero attached hydrogens (tertiary/aromatic N) is 3. The Morgan fingerprint density at radius 2 is 2.21 bits per heavy atom. The Hall–Kier alpha value is -1.95. The minimum atomic E-state index is -0.287. The zero-order valence-electron chi connectivity index (χ0n) is 10.6. The van der Waals surface area contributed by atoms with Gasteiger partial charge in [0.2, 0.25) is 0 Å². The van der Waals surface area contributed by atoms with Crippen molar-refractivity contribution in [2.75, 3.05) is 0 Å². The fraction of sp³-hybridized carbons (Fsp3) is 0.231. The summed E-state index contributed by atoms with van der Waals surface area (Å²) in [5.74, 6) is -0.287. The van der Waals surface area contributed by atoms with Crippen LogP contribution >= 0.6 is 12.2 Å². The minimum Gasteiger partial charge on any atom is -0.328 e. The van der Waals surface area contributed by atoms with E-state index in [1.54, 1.807) is 10.7 Å². The van der Waals surface area contributed by atoms with E-state index in [2.05, 4.69) is 10.1 Å². The van der Waals surface area contributed by atoms with E-state index < -0.39 is 0 Å². The molecule has 0 amide bonds. The van der Waals surface area contributed by atoms with Gasteiger partial charge in [0.25, 0.3) is 0 Å². The van der Waals surface area contributed by atoms with Gasteiger partial charge in [0.1, 0.15) is 11.3 Å². The molecule has 0 saturated heterocycles. The first-order valence-corrected chi connectivity index (χ1v) is 6.33. The smallest absolute Gasteiger partial charge is 0.178 e. The van der Waals surface area contributed by atoms with Crippen molar-refractivity contribution in [3.8, 4) is 0 Å². The fourth-order valence-corrected chi connectivity index (χ4v) is 2.54. The van der Waals surface area contributed by atoms with Crippen molar-refractivity contribution in [2.45, 2.75) is 13.5 Å². The van der Waals surface area contributed by atoms with Crippen molar-refractivity contribution >= 4 is 23.3 Å². The van der Waals surface area contributed by atoms with Gasteiger partial charge in [-0.05, 0) is 31.3 Å². The second-order valence-corrected chi connectivity index (χ2v) is 4.95. The molecule has 0 fully saturated rings. The Labute approximate surface area is 114 Å². The van der Waals surface area contributed by atoms with E-state index in [4.69, 9.17) is 12.2 Å². The predicted molar refractivity (Wildman–Crippen MR) is 74.1 cm³/mol. The molecule has 0 aliphatic heterocycles. The van der Waals surface area contributed by atoms with Gasteiger partial charge in [0.15, 0.2) is 4.77 Å². The molecule has 6 heteroatoms. The summed E-state index contributed by atoms with van der Waals surface area (Å²) in [5.41, 5.74) is 3.25. The maximum absolute atomic E-state index is 13.7. The highest BCUT2D eigenvalue weighted by molar-refractivity contribution is 7.71. The molecular formula is C13H13FN4S. The summed E-state index contributed by atoms with van der Waals surface area (Å²) >= 11 is 5.28. The summed E-state index contributed by atoms with van der Waals surface area (Å²) in [7, 11) is 1.88. The molecular weight excluding hydrogens is 263 g/mol.